The summed E-state index contributed by atoms with van der Waals surface area (Å²) in [5.74, 6) is -0.341. The topological polar surface area (TPSA) is 38.0 Å². The molecule has 1 aromatic heterocycles. The van der Waals surface area contributed by atoms with Crippen molar-refractivity contribution >= 4 is 0 Å². The lowest BCUT2D eigenvalue weighted by atomic mass is 10.0. The van der Waals surface area contributed by atoms with Crippen molar-refractivity contribution in [2.24, 2.45) is 0 Å². The van der Waals surface area contributed by atoms with Crippen LogP contribution in [0, 0.1) is 12.7 Å². The summed E-state index contributed by atoms with van der Waals surface area (Å²) in [6, 6.07) is 6.18. The van der Waals surface area contributed by atoms with Crippen molar-refractivity contribution < 1.29 is 9.50 Å². The minimum atomic E-state index is -0.840. The van der Waals surface area contributed by atoms with Crippen LogP contribution in [-0.4, -0.2) is 14.9 Å². The Kier molecular flexibility index (Phi) is 3.24. The molecule has 90 valence electrons. The molecule has 1 N–H and O–H groups in total. The predicted octanol–water partition coefficient (Wildman–Crippen LogP) is 2.43. The van der Waals surface area contributed by atoms with Gasteiger partial charge in [0.1, 0.15) is 11.9 Å². The van der Waals surface area contributed by atoms with Crippen LogP contribution in [0.5, 0.6) is 0 Å². The smallest absolute Gasteiger partial charge is 0.123 e. The molecule has 0 aliphatic rings. The normalized spacial score (nSPS) is 12.7. The van der Waals surface area contributed by atoms with Gasteiger partial charge in [0.15, 0.2) is 0 Å². The molecule has 17 heavy (non-hydrogen) atoms. The van der Waals surface area contributed by atoms with E-state index in [1.165, 1.54) is 12.1 Å². The minimum absolute atomic E-state index is 0.341. The molecule has 0 radical (unpaired) electrons. The quantitative estimate of drug-likeness (QED) is 0.885. The van der Waals surface area contributed by atoms with Crippen LogP contribution in [0.15, 0.2) is 30.5 Å². The number of hydrogen-bond acceptors (Lipinski definition) is 2. The van der Waals surface area contributed by atoms with E-state index in [2.05, 4.69) is 5.10 Å². The van der Waals surface area contributed by atoms with Crippen molar-refractivity contribution in [3.63, 3.8) is 0 Å². The summed E-state index contributed by atoms with van der Waals surface area (Å²) < 4.78 is 14.9. The van der Waals surface area contributed by atoms with Crippen molar-refractivity contribution in [2.75, 3.05) is 0 Å². The standard InChI is InChI=1S/C13H15FN2O/c1-3-16-12(6-7-15-16)13(17)11-8-10(14)5-4-9(11)2/h4-8,13,17H,3H2,1-2H3. The van der Waals surface area contributed by atoms with Crippen LogP contribution in [0.4, 0.5) is 4.39 Å². The first kappa shape index (κ1) is 11.8. The molecule has 0 aliphatic heterocycles. The third-order valence-corrected chi connectivity index (χ3v) is 2.86. The highest BCUT2D eigenvalue weighted by atomic mass is 19.1. The Morgan fingerprint density at radius 2 is 2.18 bits per heavy atom. The zero-order valence-corrected chi connectivity index (χ0v) is 9.89. The molecule has 1 heterocycles. The van der Waals surface area contributed by atoms with Crippen LogP contribution in [0.3, 0.4) is 0 Å². The Morgan fingerprint density at radius 3 is 2.88 bits per heavy atom. The Morgan fingerprint density at radius 1 is 1.41 bits per heavy atom. The maximum atomic E-state index is 13.2. The zero-order valence-electron chi connectivity index (χ0n) is 9.89. The van der Waals surface area contributed by atoms with Crippen LogP contribution in [0.25, 0.3) is 0 Å². The fourth-order valence-electron chi connectivity index (χ4n) is 1.90. The van der Waals surface area contributed by atoms with Crippen LogP contribution < -0.4 is 0 Å². The van der Waals surface area contributed by atoms with Gasteiger partial charge in [-0.05, 0) is 43.2 Å². The van der Waals surface area contributed by atoms with Gasteiger partial charge in [-0.1, -0.05) is 6.07 Å². The average molecular weight is 234 g/mol. The van der Waals surface area contributed by atoms with E-state index in [0.29, 0.717) is 17.8 Å². The van der Waals surface area contributed by atoms with Crippen LogP contribution in [-0.2, 0) is 6.54 Å². The van der Waals surface area contributed by atoms with Crippen molar-refractivity contribution in [1.29, 1.82) is 0 Å². The third-order valence-electron chi connectivity index (χ3n) is 2.86. The number of halogens is 1. The second kappa shape index (κ2) is 4.67. The summed E-state index contributed by atoms with van der Waals surface area (Å²) in [4.78, 5) is 0. The van der Waals surface area contributed by atoms with Crippen molar-refractivity contribution in [1.82, 2.24) is 9.78 Å². The first-order valence-electron chi connectivity index (χ1n) is 5.59. The molecule has 0 saturated carbocycles. The van der Waals surface area contributed by atoms with E-state index >= 15 is 0 Å². The van der Waals surface area contributed by atoms with Gasteiger partial charge in [-0.3, -0.25) is 4.68 Å². The van der Waals surface area contributed by atoms with Gasteiger partial charge in [-0.2, -0.15) is 5.10 Å². The molecule has 2 rings (SSSR count). The third kappa shape index (κ3) is 2.22. The van der Waals surface area contributed by atoms with Crippen LogP contribution in [0.1, 0.15) is 29.8 Å². The van der Waals surface area contributed by atoms with E-state index in [1.54, 1.807) is 23.0 Å². The summed E-state index contributed by atoms with van der Waals surface area (Å²) in [6.07, 6.45) is 0.796. The number of benzene rings is 1. The summed E-state index contributed by atoms with van der Waals surface area (Å²) in [7, 11) is 0. The summed E-state index contributed by atoms with van der Waals surface area (Å²) in [6.45, 7) is 4.47. The SMILES string of the molecule is CCn1nccc1C(O)c1cc(F)ccc1C. The monoisotopic (exact) mass is 234 g/mol. The van der Waals surface area contributed by atoms with Crippen molar-refractivity contribution in [3.05, 3.63) is 53.1 Å². The van der Waals surface area contributed by atoms with Gasteiger partial charge >= 0.3 is 0 Å². The number of aryl methyl sites for hydroxylation is 2. The van der Waals surface area contributed by atoms with E-state index in [4.69, 9.17) is 0 Å². The molecule has 2 aromatic rings. The molecule has 0 amide bonds. The molecule has 4 heteroatoms. The van der Waals surface area contributed by atoms with Gasteiger partial charge in [-0.25, -0.2) is 4.39 Å². The molecule has 1 atom stereocenters. The number of aromatic nitrogens is 2. The predicted molar refractivity (Wildman–Crippen MR) is 63.1 cm³/mol. The van der Waals surface area contributed by atoms with Gasteiger partial charge in [0.2, 0.25) is 0 Å². The molecular formula is C13H15FN2O. The van der Waals surface area contributed by atoms with Crippen LogP contribution in [0.2, 0.25) is 0 Å². The summed E-state index contributed by atoms with van der Waals surface area (Å²) >= 11 is 0. The molecule has 0 fully saturated rings. The number of aliphatic hydroxyl groups excluding tert-OH is 1. The lowest BCUT2D eigenvalue weighted by Gasteiger charge is -2.15. The highest BCUT2D eigenvalue weighted by Crippen LogP contribution is 2.25. The molecule has 0 spiro atoms. The molecule has 0 aliphatic carbocycles. The number of rotatable bonds is 3. The molecule has 0 bridgehead atoms. The first-order valence-corrected chi connectivity index (χ1v) is 5.59. The molecule has 3 nitrogen and oxygen atoms in total. The number of aliphatic hydroxyl groups is 1. The maximum Gasteiger partial charge on any atom is 0.123 e. The van der Waals surface area contributed by atoms with Crippen molar-refractivity contribution in [2.45, 2.75) is 26.5 Å². The lowest BCUT2D eigenvalue weighted by molar-refractivity contribution is 0.207. The Labute approximate surface area is 99.5 Å². The van der Waals surface area contributed by atoms with Gasteiger partial charge in [0.05, 0.1) is 5.69 Å². The van der Waals surface area contributed by atoms with Gasteiger partial charge in [0.25, 0.3) is 0 Å². The molecule has 1 aromatic carbocycles. The Balaban J connectivity index is 2.43. The highest BCUT2D eigenvalue weighted by molar-refractivity contribution is 5.33. The molecule has 1 unspecified atom stereocenters. The molecule has 0 saturated heterocycles. The van der Waals surface area contributed by atoms with Crippen LogP contribution >= 0.6 is 0 Å². The highest BCUT2D eigenvalue weighted by Gasteiger charge is 2.17. The summed E-state index contributed by atoms with van der Waals surface area (Å²) in [5.41, 5.74) is 2.13. The molecular weight excluding hydrogens is 219 g/mol. The number of hydrogen-bond donors (Lipinski definition) is 1. The van der Waals surface area contributed by atoms with E-state index in [-0.39, 0.29) is 5.82 Å². The van der Waals surface area contributed by atoms with Crippen molar-refractivity contribution in [3.8, 4) is 0 Å². The second-order valence-corrected chi connectivity index (χ2v) is 3.98. The maximum absolute atomic E-state index is 13.2. The fraction of sp³-hybridized carbons (Fsp3) is 0.308. The van der Waals surface area contributed by atoms with Gasteiger partial charge < -0.3 is 5.11 Å². The zero-order chi connectivity index (χ0) is 12.4. The Hall–Kier alpha value is -1.68. The minimum Gasteiger partial charge on any atom is -0.382 e. The lowest BCUT2D eigenvalue weighted by Crippen LogP contribution is -2.10. The number of nitrogens with zero attached hydrogens (tertiary/aromatic N) is 2. The van der Waals surface area contributed by atoms with E-state index < -0.39 is 6.10 Å². The first-order chi connectivity index (χ1) is 8.13. The average Bonchev–Trinajstić information content (AvgIpc) is 2.79. The van der Waals surface area contributed by atoms with E-state index in [9.17, 15) is 9.50 Å². The van der Waals surface area contributed by atoms with E-state index in [0.717, 1.165) is 5.56 Å². The largest absolute Gasteiger partial charge is 0.382 e. The van der Waals surface area contributed by atoms with Gasteiger partial charge in [-0.15, -0.1) is 0 Å². The summed E-state index contributed by atoms with van der Waals surface area (Å²) in [5, 5.41) is 14.4. The Bertz CT molecular complexity index is 522. The van der Waals surface area contributed by atoms with E-state index in [1.807, 2.05) is 13.8 Å². The van der Waals surface area contributed by atoms with Gasteiger partial charge in [0, 0.05) is 12.7 Å². The fourth-order valence-corrected chi connectivity index (χ4v) is 1.90. The second-order valence-electron chi connectivity index (χ2n) is 3.98.